The van der Waals surface area contributed by atoms with Gasteiger partial charge >= 0.3 is 6.03 Å². The molecule has 0 saturated heterocycles. The van der Waals surface area contributed by atoms with Crippen LogP contribution in [0.1, 0.15) is 22.8 Å². The van der Waals surface area contributed by atoms with E-state index in [0.717, 1.165) is 11.3 Å². The van der Waals surface area contributed by atoms with Crippen LogP contribution in [0.15, 0.2) is 47.0 Å². The van der Waals surface area contributed by atoms with E-state index in [9.17, 15) is 9.18 Å². The fraction of sp³-hybridized carbons (Fsp3) is 0.286. The molecular weight excluding hydrogens is 375 g/mol. The van der Waals surface area contributed by atoms with Gasteiger partial charge in [-0.1, -0.05) is 28.9 Å². The van der Waals surface area contributed by atoms with Crippen molar-refractivity contribution in [3.8, 4) is 5.75 Å². The first-order chi connectivity index (χ1) is 13.9. The largest absolute Gasteiger partial charge is 0.483 e. The summed E-state index contributed by atoms with van der Waals surface area (Å²) >= 11 is 0. The number of rotatable bonds is 7. The van der Waals surface area contributed by atoms with Crippen molar-refractivity contribution in [2.45, 2.75) is 26.9 Å². The number of hydrogen-bond donors (Lipinski definition) is 1. The quantitative estimate of drug-likeness (QED) is 0.648. The van der Waals surface area contributed by atoms with E-state index in [4.69, 9.17) is 9.26 Å². The lowest BCUT2D eigenvalue weighted by molar-refractivity contribution is 0.222. The molecule has 8 heteroatoms. The van der Waals surface area contributed by atoms with Gasteiger partial charge in [-0.05, 0) is 43.7 Å². The van der Waals surface area contributed by atoms with Gasteiger partial charge < -0.3 is 19.5 Å². The number of amides is 2. The highest BCUT2D eigenvalue weighted by molar-refractivity contribution is 5.89. The number of carbonyl (C=O) groups excluding carboxylic acids is 1. The Morgan fingerprint density at radius 2 is 2.07 bits per heavy atom. The van der Waals surface area contributed by atoms with E-state index in [1.807, 2.05) is 32.0 Å². The van der Waals surface area contributed by atoms with E-state index in [0.29, 0.717) is 30.4 Å². The molecule has 1 aromatic heterocycles. The molecule has 0 spiro atoms. The van der Waals surface area contributed by atoms with Gasteiger partial charge in [-0.3, -0.25) is 0 Å². The molecule has 29 heavy (non-hydrogen) atoms. The van der Waals surface area contributed by atoms with E-state index in [-0.39, 0.29) is 12.6 Å². The Kier molecular flexibility index (Phi) is 6.43. The molecule has 0 unspecified atom stereocenters. The number of hydrogen-bond acceptors (Lipinski definition) is 5. The highest BCUT2D eigenvalue weighted by atomic mass is 19.1. The molecule has 7 nitrogen and oxygen atoms in total. The summed E-state index contributed by atoms with van der Waals surface area (Å²) in [6.07, 6.45) is 0.417. The molecule has 1 N–H and O–H groups in total. The second-order valence-electron chi connectivity index (χ2n) is 6.77. The van der Waals surface area contributed by atoms with Crippen LogP contribution < -0.4 is 10.1 Å². The van der Waals surface area contributed by atoms with Crippen molar-refractivity contribution in [2.75, 3.05) is 18.9 Å². The smallest absolute Gasteiger partial charge is 0.321 e. The first kappa shape index (κ1) is 20.3. The zero-order valence-corrected chi connectivity index (χ0v) is 16.6. The molecule has 0 bridgehead atoms. The molecule has 0 radical (unpaired) electrons. The molecule has 0 aliphatic heterocycles. The van der Waals surface area contributed by atoms with Crippen LogP contribution in [0.2, 0.25) is 0 Å². The molecular formula is C21H23FN4O3. The molecule has 0 aliphatic rings. The number of likely N-dealkylation sites (N-methyl/N-ethyl adjacent to an activating group) is 1. The molecule has 0 aliphatic carbocycles. The van der Waals surface area contributed by atoms with Gasteiger partial charge in [-0.2, -0.15) is 4.98 Å². The van der Waals surface area contributed by atoms with E-state index >= 15 is 0 Å². The van der Waals surface area contributed by atoms with Gasteiger partial charge in [0.05, 0.1) is 0 Å². The van der Waals surface area contributed by atoms with Gasteiger partial charge in [0, 0.05) is 25.7 Å². The third-order valence-electron chi connectivity index (χ3n) is 4.29. The van der Waals surface area contributed by atoms with Crippen molar-refractivity contribution in [1.29, 1.82) is 0 Å². The van der Waals surface area contributed by atoms with Gasteiger partial charge in [0.25, 0.3) is 5.89 Å². The van der Waals surface area contributed by atoms with Gasteiger partial charge in [0.1, 0.15) is 11.6 Å². The summed E-state index contributed by atoms with van der Waals surface area (Å²) in [7, 11) is 1.64. The standard InChI is InChI=1S/C21H23FN4O3/c1-14-7-8-18(15(2)11-14)28-13-20-24-19(25-29-20)9-10-26(3)21(27)23-17-6-4-5-16(22)12-17/h4-8,11-12H,9-10,13H2,1-3H3,(H,23,27). The Bertz CT molecular complexity index is 990. The van der Waals surface area contributed by atoms with Crippen molar-refractivity contribution >= 4 is 11.7 Å². The van der Waals surface area contributed by atoms with Gasteiger partial charge in [0.2, 0.25) is 0 Å². The summed E-state index contributed by atoms with van der Waals surface area (Å²) in [4.78, 5) is 17.9. The number of urea groups is 1. The molecule has 0 atom stereocenters. The second-order valence-corrected chi connectivity index (χ2v) is 6.77. The van der Waals surface area contributed by atoms with E-state index in [1.165, 1.54) is 28.7 Å². The minimum Gasteiger partial charge on any atom is -0.483 e. The molecule has 0 fully saturated rings. The van der Waals surface area contributed by atoms with Crippen LogP contribution in [0, 0.1) is 19.7 Å². The minimum absolute atomic E-state index is 0.173. The number of nitrogens with zero attached hydrogens (tertiary/aromatic N) is 3. The van der Waals surface area contributed by atoms with Crippen LogP contribution in [0.4, 0.5) is 14.9 Å². The van der Waals surface area contributed by atoms with Crippen LogP contribution in [0.25, 0.3) is 0 Å². The first-order valence-corrected chi connectivity index (χ1v) is 9.20. The molecule has 1 heterocycles. The Balaban J connectivity index is 1.47. The average Bonchev–Trinajstić information content (AvgIpc) is 3.13. The zero-order valence-electron chi connectivity index (χ0n) is 16.6. The van der Waals surface area contributed by atoms with E-state index < -0.39 is 5.82 Å². The number of aromatic nitrogens is 2. The summed E-state index contributed by atoms with van der Waals surface area (Å²) < 4.78 is 24.1. The van der Waals surface area contributed by atoms with Crippen LogP contribution in [0.5, 0.6) is 5.75 Å². The van der Waals surface area contributed by atoms with Crippen molar-refractivity contribution in [1.82, 2.24) is 15.0 Å². The highest BCUT2D eigenvalue weighted by Crippen LogP contribution is 2.19. The fourth-order valence-corrected chi connectivity index (χ4v) is 2.71. The molecule has 2 aromatic carbocycles. The number of carbonyl (C=O) groups is 1. The third kappa shape index (κ3) is 5.78. The topological polar surface area (TPSA) is 80.5 Å². The lowest BCUT2D eigenvalue weighted by Gasteiger charge is -2.17. The number of halogens is 1. The SMILES string of the molecule is Cc1ccc(OCc2nc(CCN(C)C(=O)Nc3cccc(F)c3)no2)c(C)c1. The van der Waals surface area contributed by atoms with Crippen LogP contribution >= 0.6 is 0 Å². The number of anilines is 1. The van der Waals surface area contributed by atoms with E-state index in [1.54, 1.807) is 13.1 Å². The van der Waals surface area contributed by atoms with Gasteiger partial charge in [-0.15, -0.1) is 0 Å². The van der Waals surface area contributed by atoms with E-state index in [2.05, 4.69) is 15.5 Å². The Labute approximate surface area is 168 Å². The first-order valence-electron chi connectivity index (χ1n) is 9.20. The number of nitrogens with one attached hydrogen (secondary N) is 1. The van der Waals surface area contributed by atoms with Gasteiger partial charge in [-0.25, -0.2) is 9.18 Å². The summed E-state index contributed by atoms with van der Waals surface area (Å²) in [6.45, 7) is 4.55. The van der Waals surface area contributed by atoms with Crippen LogP contribution in [-0.2, 0) is 13.0 Å². The summed E-state index contributed by atoms with van der Waals surface area (Å²) in [5.41, 5.74) is 2.60. The molecule has 0 saturated carbocycles. The second kappa shape index (κ2) is 9.18. The van der Waals surface area contributed by atoms with Gasteiger partial charge in [0.15, 0.2) is 12.4 Å². The highest BCUT2D eigenvalue weighted by Gasteiger charge is 2.13. The summed E-state index contributed by atoms with van der Waals surface area (Å²) in [6, 6.07) is 11.3. The minimum atomic E-state index is -0.409. The van der Waals surface area contributed by atoms with Crippen LogP contribution in [0.3, 0.4) is 0 Å². The lowest BCUT2D eigenvalue weighted by atomic mass is 10.1. The molecule has 3 aromatic rings. The number of ether oxygens (including phenoxy) is 1. The Morgan fingerprint density at radius 3 is 2.83 bits per heavy atom. The average molecular weight is 398 g/mol. The Morgan fingerprint density at radius 1 is 1.24 bits per heavy atom. The molecule has 2 amide bonds. The maximum absolute atomic E-state index is 13.2. The number of benzene rings is 2. The monoisotopic (exact) mass is 398 g/mol. The van der Waals surface area contributed by atoms with Crippen LogP contribution in [-0.4, -0.2) is 34.7 Å². The summed E-state index contributed by atoms with van der Waals surface area (Å²) in [5, 5.41) is 6.55. The predicted molar refractivity (Wildman–Crippen MR) is 106 cm³/mol. The van der Waals surface area contributed by atoms with Crippen molar-refractivity contribution in [3.05, 3.63) is 71.1 Å². The third-order valence-corrected chi connectivity index (χ3v) is 4.29. The zero-order chi connectivity index (χ0) is 20.8. The fourth-order valence-electron chi connectivity index (χ4n) is 2.71. The summed E-state index contributed by atoms with van der Waals surface area (Å²) in [5.74, 6) is 1.21. The van der Waals surface area contributed by atoms with Crippen molar-refractivity contribution in [2.24, 2.45) is 0 Å². The number of aryl methyl sites for hydroxylation is 2. The van der Waals surface area contributed by atoms with Crippen molar-refractivity contribution in [3.63, 3.8) is 0 Å². The normalized spacial score (nSPS) is 10.6. The maximum Gasteiger partial charge on any atom is 0.321 e. The lowest BCUT2D eigenvalue weighted by Crippen LogP contribution is -2.33. The maximum atomic E-state index is 13.2. The Hall–Kier alpha value is -3.42. The molecule has 3 rings (SSSR count). The predicted octanol–water partition coefficient (Wildman–Crippen LogP) is 4.11. The molecule has 152 valence electrons. The van der Waals surface area contributed by atoms with Crippen molar-refractivity contribution < 1.29 is 18.4 Å².